The minimum Gasteiger partial charge on any atom is -0.478 e. The minimum atomic E-state index is -0.965. The number of hydrogen-bond acceptors (Lipinski definition) is 1. The van der Waals surface area contributed by atoms with Crippen molar-refractivity contribution in [3.8, 4) is 11.1 Å². The average molecular weight is 339 g/mol. The number of carboxylic acid groups (broad SMARTS) is 1. The second kappa shape index (κ2) is 6.37. The maximum absolute atomic E-state index is 11.0. The quantitative estimate of drug-likeness (QED) is 0.467. The number of aliphatic carboxylic acids is 1. The zero-order chi connectivity index (χ0) is 18.1. The van der Waals surface area contributed by atoms with Gasteiger partial charge in [-0.05, 0) is 28.8 Å². The first kappa shape index (κ1) is 15.9. The van der Waals surface area contributed by atoms with Gasteiger partial charge in [0.2, 0.25) is 0 Å². The highest BCUT2D eigenvalue weighted by atomic mass is 16.4. The van der Waals surface area contributed by atoms with Gasteiger partial charge in [0.1, 0.15) is 0 Å². The van der Waals surface area contributed by atoms with E-state index in [2.05, 4.69) is 35.8 Å². The third-order valence-electron chi connectivity index (χ3n) is 4.57. The van der Waals surface area contributed by atoms with E-state index in [9.17, 15) is 4.79 Å². The lowest BCUT2D eigenvalue weighted by Gasteiger charge is -2.12. The zero-order valence-electron chi connectivity index (χ0n) is 14.1. The van der Waals surface area contributed by atoms with Gasteiger partial charge in [-0.2, -0.15) is 0 Å². The number of rotatable bonds is 4. The van der Waals surface area contributed by atoms with Crippen molar-refractivity contribution in [2.24, 2.45) is 0 Å². The van der Waals surface area contributed by atoms with Gasteiger partial charge in [-0.15, -0.1) is 0 Å². The molecule has 0 saturated carbocycles. The second-order valence-corrected chi connectivity index (χ2v) is 6.09. The maximum Gasteiger partial charge on any atom is 0.328 e. The van der Waals surface area contributed by atoms with E-state index in [1.54, 1.807) is 6.08 Å². The Morgan fingerprint density at radius 1 is 0.923 bits per heavy atom. The molecule has 0 aliphatic carbocycles. The van der Waals surface area contributed by atoms with Crippen LogP contribution in [0.15, 0.2) is 73.3 Å². The topological polar surface area (TPSA) is 53.1 Å². The molecule has 3 nitrogen and oxygen atoms in total. The molecule has 0 bridgehead atoms. The maximum atomic E-state index is 11.0. The van der Waals surface area contributed by atoms with E-state index >= 15 is 0 Å². The third-order valence-corrected chi connectivity index (χ3v) is 4.57. The van der Waals surface area contributed by atoms with Crippen molar-refractivity contribution in [3.05, 3.63) is 84.4 Å². The summed E-state index contributed by atoms with van der Waals surface area (Å²) in [7, 11) is 0. The first-order valence-electron chi connectivity index (χ1n) is 8.35. The molecule has 4 aromatic rings. The van der Waals surface area contributed by atoms with E-state index in [4.69, 9.17) is 5.11 Å². The van der Waals surface area contributed by atoms with E-state index < -0.39 is 5.97 Å². The molecule has 26 heavy (non-hydrogen) atoms. The standard InChI is InChI=1S/C23H17NO2/c1-2-15-11-13-19-18-9-5-6-10-20(18)24-23(19)22(15)17-8-4-3-7-16(17)12-14-21(25)26/h2-14,24H,1H2,(H,25,26). The Morgan fingerprint density at radius 3 is 2.50 bits per heavy atom. The van der Waals surface area contributed by atoms with E-state index in [0.29, 0.717) is 0 Å². The van der Waals surface area contributed by atoms with Crippen LogP contribution >= 0.6 is 0 Å². The fourth-order valence-electron chi connectivity index (χ4n) is 3.43. The summed E-state index contributed by atoms with van der Waals surface area (Å²) in [6.07, 6.45) is 4.63. The van der Waals surface area contributed by atoms with Crippen molar-refractivity contribution in [1.29, 1.82) is 0 Å². The summed E-state index contributed by atoms with van der Waals surface area (Å²) in [4.78, 5) is 14.5. The number of benzene rings is 3. The monoisotopic (exact) mass is 339 g/mol. The summed E-state index contributed by atoms with van der Waals surface area (Å²) in [5.74, 6) is -0.965. The van der Waals surface area contributed by atoms with Crippen LogP contribution in [0.25, 0.3) is 45.1 Å². The summed E-state index contributed by atoms with van der Waals surface area (Å²) in [6, 6.07) is 20.1. The van der Waals surface area contributed by atoms with Crippen LogP contribution in [0.2, 0.25) is 0 Å². The Balaban J connectivity index is 2.08. The Hall–Kier alpha value is -3.59. The van der Waals surface area contributed by atoms with Crippen LogP contribution in [-0.4, -0.2) is 16.1 Å². The molecule has 1 heterocycles. The fraction of sp³-hybridized carbons (Fsp3) is 0. The summed E-state index contributed by atoms with van der Waals surface area (Å²) in [5, 5.41) is 11.3. The molecule has 0 unspecified atom stereocenters. The van der Waals surface area contributed by atoms with E-state index in [0.717, 1.165) is 50.1 Å². The Bertz CT molecular complexity index is 1180. The average Bonchev–Trinajstić information content (AvgIpc) is 3.04. The highest BCUT2D eigenvalue weighted by molar-refractivity contribution is 6.13. The lowest BCUT2D eigenvalue weighted by atomic mass is 9.93. The second-order valence-electron chi connectivity index (χ2n) is 6.09. The van der Waals surface area contributed by atoms with Gasteiger partial charge >= 0.3 is 5.97 Å². The van der Waals surface area contributed by atoms with Crippen molar-refractivity contribution >= 4 is 39.9 Å². The molecule has 0 aliphatic heterocycles. The number of carbonyl (C=O) groups is 1. The first-order valence-corrected chi connectivity index (χ1v) is 8.35. The number of aromatic amines is 1. The van der Waals surface area contributed by atoms with E-state index in [-0.39, 0.29) is 0 Å². The molecule has 0 radical (unpaired) electrons. The summed E-state index contributed by atoms with van der Waals surface area (Å²) in [5.41, 5.74) is 5.95. The smallest absolute Gasteiger partial charge is 0.328 e. The van der Waals surface area contributed by atoms with Crippen LogP contribution in [0.1, 0.15) is 11.1 Å². The molecule has 126 valence electrons. The summed E-state index contributed by atoms with van der Waals surface area (Å²) in [6.45, 7) is 3.96. The molecular formula is C23H17NO2. The van der Waals surface area contributed by atoms with E-state index in [1.807, 2.05) is 42.5 Å². The van der Waals surface area contributed by atoms with Gasteiger partial charge in [0.05, 0.1) is 5.52 Å². The SMILES string of the molecule is C=Cc1ccc2c([nH]c3ccccc32)c1-c1ccccc1C=CC(=O)O. The number of aromatic nitrogens is 1. The van der Waals surface area contributed by atoms with Crippen molar-refractivity contribution in [3.63, 3.8) is 0 Å². The predicted octanol–water partition coefficient (Wildman–Crippen LogP) is 5.73. The molecule has 0 amide bonds. The predicted molar refractivity (Wildman–Crippen MR) is 108 cm³/mol. The number of carboxylic acids is 1. The molecule has 0 aliphatic rings. The molecule has 0 atom stereocenters. The third kappa shape index (κ3) is 2.60. The lowest BCUT2D eigenvalue weighted by molar-refractivity contribution is -0.131. The molecule has 0 saturated heterocycles. The minimum absolute atomic E-state index is 0.851. The van der Waals surface area contributed by atoms with Gasteiger partial charge in [0.15, 0.2) is 0 Å². The van der Waals surface area contributed by atoms with Crippen LogP contribution in [0.5, 0.6) is 0 Å². The highest BCUT2D eigenvalue weighted by Gasteiger charge is 2.14. The molecule has 1 aromatic heterocycles. The molecule has 3 aromatic carbocycles. The van der Waals surface area contributed by atoms with Crippen LogP contribution in [-0.2, 0) is 4.79 Å². The first-order chi connectivity index (χ1) is 12.7. The van der Waals surface area contributed by atoms with Crippen molar-refractivity contribution in [2.75, 3.05) is 0 Å². The summed E-state index contributed by atoms with van der Waals surface area (Å²) >= 11 is 0. The van der Waals surface area contributed by atoms with E-state index in [1.165, 1.54) is 0 Å². The number of fused-ring (bicyclic) bond motifs is 3. The van der Waals surface area contributed by atoms with Gasteiger partial charge in [0, 0.05) is 27.9 Å². The largest absolute Gasteiger partial charge is 0.478 e. The fourth-order valence-corrected chi connectivity index (χ4v) is 3.43. The molecule has 0 fully saturated rings. The lowest BCUT2D eigenvalue weighted by Crippen LogP contribution is -1.91. The number of nitrogens with one attached hydrogen (secondary N) is 1. The van der Waals surface area contributed by atoms with Gasteiger partial charge < -0.3 is 10.1 Å². The van der Waals surface area contributed by atoms with Gasteiger partial charge in [-0.3, -0.25) is 0 Å². The molecule has 2 N–H and O–H groups in total. The van der Waals surface area contributed by atoms with Crippen LogP contribution in [0, 0.1) is 0 Å². The van der Waals surface area contributed by atoms with Crippen molar-refractivity contribution < 1.29 is 9.90 Å². The molecule has 0 spiro atoms. The van der Waals surface area contributed by atoms with Gasteiger partial charge in [-0.25, -0.2) is 4.79 Å². The molecule has 3 heteroatoms. The van der Waals surface area contributed by atoms with Crippen LogP contribution < -0.4 is 0 Å². The Morgan fingerprint density at radius 2 is 1.69 bits per heavy atom. The molecular weight excluding hydrogens is 322 g/mol. The highest BCUT2D eigenvalue weighted by Crippen LogP contribution is 2.38. The molecule has 4 rings (SSSR count). The van der Waals surface area contributed by atoms with Gasteiger partial charge in [-0.1, -0.05) is 67.3 Å². The van der Waals surface area contributed by atoms with Crippen LogP contribution in [0.4, 0.5) is 0 Å². The summed E-state index contributed by atoms with van der Waals surface area (Å²) < 4.78 is 0. The van der Waals surface area contributed by atoms with Gasteiger partial charge in [0.25, 0.3) is 0 Å². The van der Waals surface area contributed by atoms with Crippen LogP contribution in [0.3, 0.4) is 0 Å². The Kier molecular flexibility index (Phi) is 3.90. The number of H-pyrrole nitrogens is 1. The van der Waals surface area contributed by atoms with Crippen molar-refractivity contribution in [2.45, 2.75) is 0 Å². The number of para-hydroxylation sites is 1. The van der Waals surface area contributed by atoms with Crippen molar-refractivity contribution in [1.82, 2.24) is 4.98 Å². The zero-order valence-corrected chi connectivity index (χ0v) is 14.1. The normalized spacial score (nSPS) is 11.4. The number of hydrogen-bond donors (Lipinski definition) is 2. The Labute approximate surface area is 150 Å².